The molecule has 0 atom stereocenters. The molecule has 0 heterocycles. The Labute approximate surface area is 123 Å². The number of nitrogen functional groups attached to an aromatic ring is 1. The number of hydrogen-bond acceptors (Lipinski definition) is 4. The summed E-state index contributed by atoms with van der Waals surface area (Å²) < 4.78 is 0. The van der Waals surface area contributed by atoms with E-state index in [2.05, 4.69) is 10.3 Å². The Bertz CT molecular complexity index is 695. The smallest absolute Gasteiger partial charge is 0.221 e. The maximum atomic E-state index is 12.0. The van der Waals surface area contributed by atoms with Crippen molar-refractivity contribution >= 4 is 28.8 Å². The molecular formula is C16H17N3O2. The Morgan fingerprint density at radius 3 is 2.38 bits per heavy atom. The van der Waals surface area contributed by atoms with Crippen molar-refractivity contribution in [2.45, 2.75) is 20.8 Å². The molecule has 0 fully saturated rings. The number of carbonyl (C=O) groups is 2. The zero-order valence-electron chi connectivity index (χ0n) is 12.2. The van der Waals surface area contributed by atoms with Gasteiger partial charge in [0, 0.05) is 18.2 Å². The van der Waals surface area contributed by atoms with Crippen LogP contribution >= 0.6 is 0 Å². The summed E-state index contributed by atoms with van der Waals surface area (Å²) >= 11 is 0. The summed E-state index contributed by atoms with van der Waals surface area (Å²) in [5.74, 6) is -0.492. The van der Waals surface area contributed by atoms with E-state index in [0.29, 0.717) is 17.0 Å². The monoisotopic (exact) mass is 283 g/mol. The first-order chi connectivity index (χ1) is 9.88. The molecule has 21 heavy (non-hydrogen) atoms. The van der Waals surface area contributed by atoms with Crippen LogP contribution in [0.4, 0.5) is 11.4 Å². The molecule has 5 heteroatoms. The van der Waals surface area contributed by atoms with E-state index in [-0.39, 0.29) is 17.4 Å². The second-order valence-electron chi connectivity index (χ2n) is 4.92. The van der Waals surface area contributed by atoms with E-state index in [4.69, 9.17) is 5.73 Å². The fourth-order valence-corrected chi connectivity index (χ4v) is 2.12. The number of aliphatic imine (C=N–C) groups is 1. The lowest BCUT2D eigenvalue weighted by Crippen LogP contribution is -2.30. The van der Waals surface area contributed by atoms with Crippen LogP contribution in [0, 0.1) is 0 Å². The number of anilines is 1. The van der Waals surface area contributed by atoms with Crippen molar-refractivity contribution in [2.24, 2.45) is 4.99 Å². The molecule has 0 spiro atoms. The molecule has 0 unspecified atom stereocenters. The van der Waals surface area contributed by atoms with Crippen LogP contribution in [0.25, 0.3) is 0 Å². The Morgan fingerprint density at radius 2 is 1.81 bits per heavy atom. The minimum Gasteiger partial charge on any atom is -0.399 e. The first kappa shape index (κ1) is 14.7. The van der Waals surface area contributed by atoms with E-state index >= 15 is 0 Å². The van der Waals surface area contributed by atoms with Crippen LogP contribution in [0.1, 0.15) is 20.8 Å². The Morgan fingerprint density at radius 1 is 1.19 bits per heavy atom. The number of allylic oxidation sites excluding steroid dienone is 3. The minimum absolute atomic E-state index is 0.212. The summed E-state index contributed by atoms with van der Waals surface area (Å²) in [5, 5.41) is 2.57. The highest BCUT2D eigenvalue weighted by molar-refractivity contribution is 6.25. The number of nitrogens with zero attached hydrogens (tertiary/aromatic N) is 1. The van der Waals surface area contributed by atoms with Gasteiger partial charge in [-0.1, -0.05) is 0 Å². The number of carbonyl (C=O) groups excluding carboxylic acids is 2. The molecule has 1 aromatic rings. The van der Waals surface area contributed by atoms with Crippen LogP contribution in [0.3, 0.4) is 0 Å². The maximum absolute atomic E-state index is 12.0. The quantitative estimate of drug-likeness (QED) is 0.645. The number of nitrogens with two attached hydrogens (primary N) is 1. The Kier molecular flexibility index (Phi) is 4.03. The van der Waals surface area contributed by atoms with Gasteiger partial charge in [0.1, 0.15) is 0 Å². The van der Waals surface area contributed by atoms with Crippen molar-refractivity contribution in [3.63, 3.8) is 0 Å². The zero-order chi connectivity index (χ0) is 15.6. The maximum Gasteiger partial charge on any atom is 0.221 e. The van der Waals surface area contributed by atoms with Gasteiger partial charge >= 0.3 is 0 Å². The Balaban J connectivity index is 2.47. The van der Waals surface area contributed by atoms with Gasteiger partial charge in [0.25, 0.3) is 0 Å². The van der Waals surface area contributed by atoms with Crippen LogP contribution in [0.15, 0.2) is 52.2 Å². The number of hydrogen-bond donors (Lipinski definition) is 2. The molecular weight excluding hydrogens is 266 g/mol. The van der Waals surface area contributed by atoms with Crippen molar-refractivity contribution in [2.75, 3.05) is 5.73 Å². The summed E-state index contributed by atoms with van der Waals surface area (Å²) in [7, 11) is 0. The van der Waals surface area contributed by atoms with Crippen molar-refractivity contribution in [3.8, 4) is 0 Å². The summed E-state index contributed by atoms with van der Waals surface area (Å²) in [4.78, 5) is 27.7. The van der Waals surface area contributed by atoms with Gasteiger partial charge in [-0.3, -0.25) is 9.59 Å². The standard InChI is InChI=1S/C16H17N3O2/c1-9-8-14(21)16(18-11(3)20)10(2)15(9)19-13-6-4-12(17)5-7-13/h4-8H,17H2,1-3H3,(H,18,20). The number of amides is 1. The van der Waals surface area contributed by atoms with Crippen LogP contribution in [0.2, 0.25) is 0 Å². The van der Waals surface area contributed by atoms with E-state index in [1.165, 1.54) is 13.0 Å². The van der Waals surface area contributed by atoms with Crippen LogP contribution in [0.5, 0.6) is 0 Å². The molecule has 0 aliphatic heterocycles. The zero-order valence-corrected chi connectivity index (χ0v) is 12.2. The third-order valence-electron chi connectivity index (χ3n) is 3.13. The number of ketones is 1. The van der Waals surface area contributed by atoms with E-state index in [0.717, 1.165) is 11.3 Å². The minimum atomic E-state index is -0.280. The van der Waals surface area contributed by atoms with Gasteiger partial charge in [-0.25, -0.2) is 4.99 Å². The molecule has 0 aromatic heterocycles. The van der Waals surface area contributed by atoms with Gasteiger partial charge < -0.3 is 11.1 Å². The number of benzene rings is 1. The topological polar surface area (TPSA) is 84.6 Å². The Hall–Kier alpha value is -2.69. The van der Waals surface area contributed by atoms with Gasteiger partial charge in [-0.15, -0.1) is 0 Å². The van der Waals surface area contributed by atoms with E-state index in [1.807, 2.05) is 6.92 Å². The van der Waals surface area contributed by atoms with Crippen molar-refractivity contribution in [1.82, 2.24) is 5.32 Å². The van der Waals surface area contributed by atoms with Crippen molar-refractivity contribution in [3.05, 3.63) is 47.2 Å². The molecule has 0 saturated heterocycles. The van der Waals surface area contributed by atoms with Gasteiger partial charge in [-0.2, -0.15) is 0 Å². The largest absolute Gasteiger partial charge is 0.399 e. The van der Waals surface area contributed by atoms with E-state index in [9.17, 15) is 9.59 Å². The van der Waals surface area contributed by atoms with Gasteiger partial charge in [0.15, 0.2) is 0 Å². The molecule has 5 nitrogen and oxygen atoms in total. The molecule has 3 N–H and O–H groups in total. The average Bonchev–Trinajstić information content (AvgIpc) is 2.41. The lowest BCUT2D eigenvalue weighted by Gasteiger charge is -2.18. The second-order valence-corrected chi connectivity index (χ2v) is 4.92. The molecule has 0 radical (unpaired) electrons. The van der Waals surface area contributed by atoms with Crippen LogP contribution in [-0.4, -0.2) is 17.4 Å². The van der Waals surface area contributed by atoms with Gasteiger partial charge in [0.2, 0.25) is 11.7 Å². The van der Waals surface area contributed by atoms with E-state index < -0.39 is 0 Å². The van der Waals surface area contributed by atoms with Crippen molar-refractivity contribution in [1.29, 1.82) is 0 Å². The molecule has 1 aliphatic rings. The lowest BCUT2D eigenvalue weighted by atomic mass is 9.94. The highest BCUT2D eigenvalue weighted by Gasteiger charge is 2.22. The number of rotatable bonds is 2. The third kappa shape index (κ3) is 3.25. The van der Waals surface area contributed by atoms with Crippen molar-refractivity contribution < 1.29 is 9.59 Å². The average molecular weight is 283 g/mol. The third-order valence-corrected chi connectivity index (χ3v) is 3.13. The second kappa shape index (κ2) is 5.75. The van der Waals surface area contributed by atoms with Gasteiger partial charge in [-0.05, 0) is 49.8 Å². The first-order valence-corrected chi connectivity index (χ1v) is 6.54. The molecule has 0 bridgehead atoms. The van der Waals surface area contributed by atoms with Crippen LogP contribution in [-0.2, 0) is 9.59 Å². The highest BCUT2D eigenvalue weighted by Crippen LogP contribution is 2.23. The predicted octanol–water partition coefficient (Wildman–Crippen LogP) is 2.28. The predicted molar refractivity (Wildman–Crippen MR) is 83.2 cm³/mol. The number of nitrogens with one attached hydrogen (secondary N) is 1. The fourth-order valence-electron chi connectivity index (χ4n) is 2.12. The molecule has 108 valence electrons. The summed E-state index contributed by atoms with van der Waals surface area (Å²) in [6.07, 6.45) is 1.48. The molecule has 1 aromatic carbocycles. The fraction of sp³-hybridized carbons (Fsp3) is 0.188. The molecule has 0 saturated carbocycles. The van der Waals surface area contributed by atoms with Gasteiger partial charge in [0.05, 0.1) is 17.1 Å². The normalized spacial score (nSPS) is 17.0. The van der Waals surface area contributed by atoms with Crippen LogP contribution < -0.4 is 11.1 Å². The molecule has 1 amide bonds. The summed E-state index contributed by atoms with van der Waals surface area (Å²) in [6.45, 7) is 4.97. The summed E-state index contributed by atoms with van der Waals surface area (Å²) in [5.41, 5.74) is 9.44. The van der Waals surface area contributed by atoms with E-state index in [1.54, 1.807) is 31.2 Å². The molecule has 2 rings (SSSR count). The first-order valence-electron chi connectivity index (χ1n) is 6.54. The SMILES string of the molecule is CC(=O)NC1=C(C)C(=Nc2ccc(N)cc2)C(C)=CC1=O. The lowest BCUT2D eigenvalue weighted by molar-refractivity contribution is -0.120. The highest BCUT2D eigenvalue weighted by atomic mass is 16.2. The summed E-state index contributed by atoms with van der Waals surface area (Å²) in [6, 6.07) is 7.13. The molecule has 1 aliphatic carbocycles.